The fraction of sp³-hybridized carbons (Fsp3) is 0.308. The van der Waals surface area contributed by atoms with Crippen LogP contribution in [0.2, 0.25) is 0 Å². The number of hydrogen-bond donors (Lipinski definition) is 4. The monoisotopic (exact) mass is 337 g/mol. The van der Waals surface area contributed by atoms with Gasteiger partial charge in [0.1, 0.15) is 0 Å². The van der Waals surface area contributed by atoms with Gasteiger partial charge in [0.2, 0.25) is 0 Å². The van der Waals surface area contributed by atoms with Crippen molar-refractivity contribution < 1.29 is 0 Å². The highest BCUT2D eigenvalue weighted by atomic mass is 32.1. The predicted molar refractivity (Wildman–Crippen MR) is 98.1 cm³/mol. The van der Waals surface area contributed by atoms with Crippen LogP contribution in [0, 0.1) is 0 Å². The minimum Gasteiger partial charge on any atom is -0.364 e. The highest BCUT2D eigenvalue weighted by Gasteiger charge is 2.07. The Morgan fingerprint density at radius 3 is 2.14 bits per heavy atom. The second kappa shape index (κ2) is 9.74. The van der Waals surface area contributed by atoms with E-state index in [4.69, 9.17) is 24.4 Å². The zero-order valence-electron chi connectivity index (χ0n) is 12.7. The molecule has 0 aromatic carbocycles. The van der Waals surface area contributed by atoms with Crippen molar-refractivity contribution in [3.05, 3.63) is 30.1 Å². The van der Waals surface area contributed by atoms with Crippen molar-refractivity contribution in [1.29, 1.82) is 0 Å². The lowest BCUT2D eigenvalue weighted by Gasteiger charge is -2.09. The minimum absolute atomic E-state index is 0.429. The van der Waals surface area contributed by atoms with E-state index in [-0.39, 0.29) is 0 Å². The SMILES string of the molecule is CNC(=S)N/N=C(C)/C(Cc1ccncc1)=N/NC(=S)NC. The molecule has 118 valence electrons. The molecule has 0 saturated heterocycles. The van der Waals surface area contributed by atoms with Gasteiger partial charge in [0, 0.05) is 32.9 Å². The van der Waals surface area contributed by atoms with Gasteiger partial charge in [-0.1, -0.05) is 0 Å². The Morgan fingerprint density at radius 1 is 1.05 bits per heavy atom. The third-order valence-electron chi connectivity index (χ3n) is 2.61. The first-order chi connectivity index (χ1) is 10.6. The van der Waals surface area contributed by atoms with Gasteiger partial charge < -0.3 is 10.6 Å². The molecule has 1 aromatic heterocycles. The molecule has 0 spiro atoms. The van der Waals surface area contributed by atoms with Gasteiger partial charge in [-0.3, -0.25) is 15.8 Å². The molecule has 7 nitrogen and oxygen atoms in total. The van der Waals surface area contributed by atoms with Crippen LogP contribution in [-0.4, -0.2) is 40.7 Å². The average molecular weight is 337 g/mol. The normalized spacial score (nSPS) is 11.6. The number of thiocarbonyl (C=S) groups is 2. The van der Waals surface area contributed by atoms with Crippen LogP contribution in [0.1, 0.15) is 12.5 Å². The van der Waals surface area contributed by atoms with Crippen LogP contribution in [-0.2, 0) is 6.42 Å². The van der Waals surface area contributed by atoms with Gasteiger partial charge in [-0.05, 0) is 49.1 Å². The quantitative estimate of drug-likeness (QED) is 0.354. The largest absolute Gasteiger partial charge is 0.364 e. The molecule has 22 heavy (non-hydrogen) atoms. The number of nitrogens with zero attached hydrogens (tertiary/aromatic N) is 3. The Hall–Kier alpha value is -2.13. The first-order valence-corrected chi connectivity index (χ1v) is 7.34. The van der Waals surface area contributed by atoms with Gasteiger partial charge in [-0.15, -0.1) is 0 Å². The fourth-order valence-electron chi connectivity index (χ4n) is 1.37. The van der Waals surface area contributed by atoms with Crippen LogP contribution >= 0.6 is 24.4 Å². The Balaban J connectivity index is 2.90. The molecule has 0 aliphatic rings. The topological polar surface area (TPSA) is 85.7 Å². The van der Waals surface area contributed by atoms with E-state index in [2.05, 4.69) is 36.7 Å². The molecule has 0 saturated carbocycles. The molecule has 0 amide bonds. The molecule has 0 unspecified atom stereocenters. The summed E-state index contributed by atoms with van der Waals surface area (Å²) in [6.45, 7) is 1.84. The fourth-order valence-corrected chi connectivity index (χ4v) is 1.46. The van der Waals surface area contributed by atoms with E-state index >= 15 is 0 Å². The standard InChI is InChI=1S/C13H19N7S2/c1-9(17-19-12(21)14-2)11(18-20-13(22)15-3)8-10-4-6-16-7-5-10/h4-7H,8H2,1-3H3,(H2,14,19,21)(H2,15,20,22)/b17-9+,18-11+. The molecular formula is C13H19N7S2. The summed E-state index contributed by atoms with van der Waals surface area (Å²) in [6, 6.07) is 3.84. The summed E-state index contributed by atoms with van der Waals surface area (Å²) < 4.78 is 0. The summed E-state index contributed by atoms with van der Waals surface area (Å²) in [5, 5.41) is 15.0. The van der Waals surface area contributed by atoms with E-state index < -0.39 is 0 Å². The molecule has 0 atom stereocenters. The molecule has 0 radical (unpaired) electrons. The molecule has 9 heteroatoms. The van der Waals surface area contributed by atoms with E-state index in [1.807, 2.05) is 19.1 Å². The Morgan fingerprint density at radius 2 is 1.59 bits per heavy atom. The summed E-state index contributed by atoms with van der Waals surface area (Å²) >= 11 is 10.0. The lowest BCUT2D eigenvalue weighted by Crippen LogP contribution is -2.33. The van der Waals surface area contributed by atoms with Crippen LogP contribution in [0.5, 0.6) is 0 Å². The molecule has 1 heterocycles. The van der Waals surface area contributed by atoms with Crippen LogP contribution in [0.15, 0.2) is 34.7 Å². The molecule has 0 bridgehead atoms. The second-order valence-corrected chi connectivity index (χ2v) is 4.99. The minimum atomic E-state index is 0.429. The zero-order chi connectivity index (χ0) is 16.4. The third-order valence-corrected chi connectivity index (χ3v) is 3.20. The molecule has 4 N–H and O–H groups in total. The summed E-state index contributed by atoms with van der Waals surface area (Å²) in [5.74, 6) is 0. The first kappa shape index (κ1) is 17.9. The van der Waals surface area contributed by atoms with Crippen LogP contribution in [0.25, 0.3) is 0 Å². The van der Waals surface area contributed by atoms with Gasteiger partial charge in [-0.2, -0.15) is 10.2 Å². The van der Waals surface area contributed by atoms with Crippen molar-refractivity contribution in [3.63, 3.8) is 0 Å². The summed E-state index contributed by atoms with van der Waals surface area (Å²) in [5.41, 5.74) is 8.00. The van der Waals surface area contributed by atoms with Crippen LogP contribution < -0.4 is 21.5 Å². The molecular weight excluding hydrogens is 318 g/mol. The lowest BCUT2D eigenvalue weighted by atomic mass is 10.1. The Kier molecular flexibility index (Phi) is 7.94. The average Bonchev–Trinajstić information content (AvgIpc) is 2.56. The number of rotatable bonds is 5. The van der Waals surface area contributed by atoms with Crippen molar-refractivity contribution in [3.8, 4) is 0 Å². The number of aromatic nitrogens is 1. The lowest BCUT2D eigenvalue weighted by molar-refractivity contribution is 0.960. The van der Waals surface area contributed by atoms with Crippen LogP contribution in [0.3, 0.4) is 0 Å². The molecule has 0 aliphatic carbocycles. The van der Waals surface area contributed by atoms with Crippen molar-refractivity contribution in [2.45, 2.75) is 13.3 Å². The highest BCUT2D eigenvalue weighted by molar-refractivity contribution is 7.80. The molecule has 1 rings (SSSR count). The second-order valence-electron chi connectivity index (χ2n) is 4.17. The number of pyridine rings is 1. The molecule has 0 aliphatic heterocycles. The van der Waals surface area contributed by atoms with E-state index in [1.54, 1.807) is 26.5 Å². The number of hydrogen-bond acceptors (Lipinski definition) is 5. The maximum atomic E-state index is 5.02. The third kappa shape index (κ3) is 6.55. The molecule has 0 fully saturated rings. The van der Waals surface area contributed by atoms with E-state index in [9.17, 15) is 0 Å². The van der Waals surface area contributed by atoms with E-state index in [1.165, 1.54) is 0 Å². The Labute approximate surface area is 140 Å². The van der Waals surface area contributed by atoms with Gasteiger partial charge in [0.05, 0.1) is 11.4 Å². The smallest absolute Gasteiger partial charge is 0.186 e. The van der Waals surface area contributed by atoms with E-state index in [0.29, 0.717) is 22.4 Å². The van der Waals surface area contributed by atoms with Gasteiger partial charge in [0.25, 0.3) is 0 Å². The predicted octanol–water partition coefficient (Wildman–Crippen LogP) is 0.544. The Bertz CT molecular complexity index is 569. The van der Waals surface area contributed by atoms with Gasteiger partial charge in [0.15, 0.2) is 10.2 Å². The van der Waals surface area contributed by atoms with Crippen molar-refractivity contribution in [1.82, 2.24) is 26.5 Å². The summed E-state index contributed by atoms with van der Waals surface area (Å²) in [6.07, 6.45) is 4.06. The molecule has 1 aromatic rings. The maximum Gasteiger partial charge on any atom is 0.186 e. The van der Waals surface area contributed by atoms with Crippen molar-refractivity contribution in [2.24, 2.45) is 10.2 Å². The van der Waals surface area contributed by atoms with Crippen molar-refractivity contribution in [2.75, 3.05) is 14.1 Å². The number of nitrogens with one attached hydrogen (secondary N) is 4. The van der Waals surface area contributed by atoms with Gasteiger partial charge >= 0.3 is 0 Å². The first-order valence-electron chi connectivity index (χ1n) is 6.52. The maximum absolute atomic E-state index is 5.02. The van der Waals surface area contributed by atoms with Crippen molar-refractivity contribution >= 4 is 46.1 Å². The van der Waals surface area contributed by atoms with Gasteiger partial charge in [-0.25, -0.2) is 0 Å². The zero-order valence-corrected chi connectivity index (χ0v) is 14.3. The summed E-state index contributed by atoms with van der Waals surface area (Å²) in [7, 11) is 3.44. The summed E-state index contributed by atoms with van der Waals surface area (Å²) in [4.78, 5) is 4.00. The highest BCUT2D eigenvalue weighted by Crippen LogP contribution is 2.01. The van der Waals surface area contributed by atoms with E-state index in [0.717, 1.165) is 11.3 Å². The number of hydrazone groups is 2. The van der Waals surface area contributed by atoms with Crippen LogP contribution in [0.4, 0.5) is 0 Å².